The quantitative estimate of drug-likeness (QED) is 0.849. The Morgan fingerprint density at radius 2 is 1.86 bits per heavy atom. The van der Waals surface area contributed by atoms with E-state index in [1.54, 1.807) is 20.0 Å². The third kappa shape index (κ3) is 3.85. The molecule has 1 aromatic heterocycles. The molecular formula is C15H17N3O3. The number of urea groups is 1. The predicted octanol–water partition coefficient (Wildman–Crippen LogP) is 2.07. The Balaban J connectivity index is 1.84. The molecule has 0 radical (unpaired) electrons. The Bertz CT molecular complexity index is 622. The summed E-state index contributed by atoms with van der Waals surface area (Å²) in [5.41, 5.74) is 6.11. The second-order valence-electron chi connectivity index (χ2n) is 4.62. The number of carbonyl (C=O) groups is 2. The third-order valence-corrected chi connectivity index (χ3v) is 3.00. The maximum atomic E-state index is 11.9. The summed E-state index contributed by atoms with van der Waals surface area (Å²) in [7, 11) is 1.65. The molecule has 2 aromatic rings. The number of carbonyl (C=O) groups excluding carboxylic acids is 2. The van der Waals surface area contributed by atoms with Crippen LogP contribution in [0.2, 0.25) is 0 Å². The molecule has 0 bridgehead atoms. The van der Waals surface area contributed by atoms with E-state index in [1.165, 1.54) is 11.2 Å². The maximum Gasteiger partial charge on any atom is 0.336 e. The first-order chi connectivity index (χ1) is 10.1. The molecule has 0 spiro atoms. The SMILES string of the molecule is Cc1occc1C(=O)NNC(=O)N(C)Cc1ccccc1. The lowest BCUT2D eigenvalue weighted by Crippen LogP contribution is -2.47. The van der Waals surface area contributed by atoms with Crippen LogP contribution in [-0.2, 0) is 6.54 Å². The summed E-state index contributed by atoms with van der Waals surface area (Å²) in [5.74, 6) is 0.0853. The molecule has 3 amide bonds. The summed E-state index contributed by atoms with van der Waals surface area (Å²) in [6.07, 6.45) is 1.42. The lowest BCUT2D eigenvalue weighted by Gasteiger charge is -2.18. The lowest BCUT2D eigenvalue weighted by molar-refractivity contribution is 0.0929. The molecule has 0 aliphatic rings. The van der Waals surface area contributed by atoms with Crippen molar-refractivity contribution in [2.24, 2.45) is 0 Å². The number of aryl methyl sites for hydroxylation is 1. The molecular weight excluding hydrogens is 270 g/mol. The summed E-state index contributed by atoms with van der Waals surface area (Å²) in [6, 6.07) is 10.7. The Labute approximate surface area is 122 Å². The largest absolute Gasteiger partial charge is 0.469 e. The fourth-order valence-electron chi connectivity index (χ4n) is 1.82. The van der Waals surface area contributed by atoms with Gasteiger partial charge in [-0.05, 0) is 18.6 Å². The fraction of sp³-hybridized carbons (Fsp3) is 0.200. The average Bonchev–Trinajstić information content (AvgIpc) is 2.91. The highest BCUT2D eigenvalue weighted by Gasteiger charge is 2.14. The Morgan fingerprint density at radius 1 is 1.14 bits per heavy atom. The number of hydrazine groups is 1. The highest BCUT2D eigenvalue weighted by molar-refractivity contribution is 5.95. The predicted molar refractivity (Wildman–Crippen MR) is 77.4 cm³/mol. The van der Waals surface area contributed by atoms with Gasteiger partial charge in [0, 0.05) is 13.6 Å². The zero-order valence-electron chi connectivity index (χ0n) is 11.9. The van der Waals surface area contributed by atoms with Crippen LogP contribution in [0.3, 0.4) is 0 Å². The molecule has 0 saturated carbocycles. The van der Waals surface area contributed by atoms with E-state index in [1.807, 2.05) is 30.3 Å². The van der Waals surface area contributed by atoms with Gasteiger partial charge in [-0.15, -0.1) is 0 Å². The first-order valence-electron chi connectivity index (χ1n) is 6.47. The minimum Gasteiger partial charge on any atom is -0.469 e. The van der Waals surface area contributed by atoms with Crippen molar-refractivity contribution in [1.29, 1.82) is 0 Å². The van der Waals surface area contributed by atoms with Crippen LogP contribution in [0.15, 0.2) is 47.1 Å². The van der Waals surface area contributed by atoms with Gasteiger partial charge in [0.05, 0.1) is 11.8 Å². The zero-order valence-corrected chi connectivity index (χ0v) is 11.9. The normalized spacial score (nSPS) is 10.0. The summed E-state index contributed by atoms with van der Waals surface area (Å²) < 4.78 is 5.03. The average molecular weight is 287 g/mol. The van der Waals surface area contributed by atoms with E-state index >= 15 is 0 Å². The first-order valence-corrected chi connectivity index (χ1v) is 6.47. The highest BCUT2D eigenvalue weighted by atomic mass is 16.3. The number of amides is 3. The van der Waals surface area contributed by atoms with Crippen LogP contribution in [-0.4, -0.2) is 23.9 Å². The van der Waals surface area contributed by atoms with E-state index in [4.69, 9.17) is 4.42 Å². The van der Waals surface area contributed by atoms with E-state index in [9.17, 15) is 9.59 Å². The van der Waals surface area contributed by atoms with E-state index < -0.39 is 11.9 Å². The summed E-state index contributed by atoms with van der Waals surface area (Å²) in [6.45, 7) is 2.13. The first kappa shape index (κ1) is 14.6. The number of furan rings is 1. The van der Waals surface area contributed by atoms with Crippen molar-refractivity contribution in [3.05, 3.63) is 59.5 Å². The van der Waals surface area contributed by atoms with Crippen LogP contribution in [0.25, 0.3) is 0 Å². The van der Waals surface area contributed by atoms with Crippen molar-refractivity contribution >= 4 is 11.9 Å². The van der Waals surface area contributed by atoms with Crippen molar-refractivity contribution in [3.8, 4) is 0 Å². The maximum absolute atomic E-state index is 11.9. The molecule has 6 nitrogen and oxygen atoms in total. The Hall–Kier alpha value is -2.76. The molecule has 0 aliphatic heterocycles. The van der Waals surface area contributed by atoms with Crippen LogP contribution >= 0.6 is 0 Å². The molecule has 0 aliphatic carbocycles. The zero-order chi connectivity index (χ0) is 15.2. The van der Waals surface area contributed by atoms with E-state index in [0.717, 1.165) is 5.56 Å². The highest BCUT2D eigenvalue weighted by Crippen LogP contribution is 2.07. The number of rotatable bonds is 3. The number of nitrogens with one attached hydrogen (secondary N) is 2. The van der Waals surface area contributed by atoms with Crippen molar-refractivity contribution in [2.45, 2.75) is 13.5 Å². The van der Waals surface area contributed by atoms with Gasteiger partial charge in [-0.2, -0.15) is 0 Å². The van der Waals surface area contributed by atoms with Gasteiger partial charge in [0.1, 0.15) is 5.76 Å². The number of hydrogen-bond acceptors (Lipinski definition) is 3. The van der Waals surface area contributed by atoms with Crippen molar-refractivity contribution in [2.75, 3.05) is 7.05 Å². The lowest BCUT2D eigenvalue weighted by atomic mass is 10.2. The van der Waals surface area contributed by atoms with Crippen LogP contribution < -0.4 is 10.9 Å². The second kappa shape index (κ2) is 6.60. The van der Waals surface area contributed by atoms with Gasteiger partial charge in [0.2, 0.25) is 0 Å². The molecule has 2 rings (SSSR count). The summed E-state index contributed by atoms with van der Waals surface area (Å²) >= 11 is 0. The van der Waals surface area contributed by atoms with Crippen molar-refractivity contribution < 1.29 is 14.0 Å². The van der Waals surface area contributed by atoms with Gasteiger partial charge in [0.15, 0.2) is 0 Å². The molecule has 1 aromatic carbocycles. The van der Waals surface area contributed by atoms with Crippen molar-refractivity contribution in [3.63, 3.8) is 0 Å². The smallest absolute Gasteiger partial charge is 0.336 e. The van der Waals surface area contributed by atoms with Gasteiger partial charge < -0.3 is 9.32 Å². The van der Waals surface area contributed by atoms with Gasteiger partial charge >= 0.3 is 6.03 Å². The van der Waals surface area contributed by atoms with Crippen LogP contribution in [0, 0.1) is 6.92 Å². The summed E-state index contributed by atoms with van der Waals surface area (Å²) in [4.78, 5) is 25.2. The standard InChI is InChI=1S/C15H17N3O3/c1-11-13(8-9-21-11)14(19)16-17-15(20)18(2)10-12-6-4-3-5-7-12/h3-9H,10H2,1-2H3,(H,16,19)(H,17,20). The third-order valence-electron chi connectivity index (χ3n) is 3.00. The molecule has 110 valence electrons. The molecule has 21 heavy (non-hydrogen) atoms. The van der Waals surface area contributed by atoms with Gasteiger partial charge in [-0.25, -0.2) is 10.2 Å². The molecule has 0 unspecified atom stereocenters. The number of benzene rings is 1. The van der Waals surface area contributed by atoms with E-state index in [-0.39, 0.29) is 0 Å². The Morgan fingerprint density at radius 3 is 2.48 bits per heavy atom. The van der Waals surface area contributed by atoms with Crippen molar-refractivity contribution in [1.82, 2.24) is 15.8 Å². The number of nitrogens with zero attached hydrogens (tertiary/aromatic N) is 1. The van der Waals surface area contributed by atoms with E-state index in [2.05, 4.69) is 10.9 Å². The number of hydrogen-bond donors (Lipinski definition) is 2. The monoisotopic (exact) mass is 287 g/mol. The molecule has 0 fully saturated rings. The minimum atomic E-state index is -0.414. The van der Waals surface area contributed by atoms with E-state index in [0.29, 0.717) is 17.9 Å². The van der Waals surface area contributed by atoms with Gasteiger partial charge in [-0.3, -0.25) is 10.2 Å². The van der Waals surface area contributed by atoms with Crippen LogP contribution in [0.4, 0.5) is 4.79 Å². The fourth-order valence-corrected chi connectivity index (χ4v) is 1.82. The molecule has 1 heterocycles. The topological polar surface area (TPSA) is 74.6 Å². The molecule has 0 atom stereocenters. The van der Waals surface area contributed by atoms with Crippen LogP contribution in [0.1, 0.15) is 21.7 Å². The van der Waals surface area contributed by atoms with Gasteiger partial charge in [0.25, 0.3) is 5.91 Å². The second-order valence-corrected chi connectivity index (χ2v) is 4.62. The summed E-state index contributed by atoms with van der Waals surface area (Å²) in [5, 5.41) is 0. The van der Waals surface area contributed by atoms with Gasteiger partial charge in [-0.1, -0.05) is 30.3 Å². The minimum absolute atomic E-state index is 0.390. The molecule has 2 N–H and O–H groups in total. The molecule has 6 heteroatoms. The molecule has 0 saturated heterocycles. The Kier molecular flexibility index (Phi) is 4.61. The van der Waals surface area contributed by atoms with Crippen LogP contribution in [0.5, 0.6) is 0 Å².